The van der Waals surface area contributed by atoms with Crippen LogP contribution in [0.2, 0.25) is 0 Å². The Balaban J connectivity index is 1.54. The highest BCUT2D eigenvalue weighted by molar-refractivity contribution is 7.13. The van der Waals surface area contributed by atoms with E-state index in [1.54, 1.807) is 23.2 Å². The molecule has 0 unspecified atom stereocenters. The molecule has 2 aliphatic rings. The van der Waals surface area contributed by atoms with E-state index < -0.39 is 0 Å². The standard InChI is InChI=1S/C16H24N4O2S/c1-12-11-23-16(17-12)19-8-6-18(7-9-19)15(22)14-4-3-5-20(10-14)13(2)21/h11,14H,3-10H2,1-2H3/t14-/m0/s1. The van der Waals surface area contributed by atoms with E-state index in [9.17, 15) is 9.59 Å². The van der Waals surface area contributed by atoms with Gasteiger partial charge >= 0.3 is 0 Å². The summed E-state index contributed by atoms with van der Waals surface area (Å²) in [4.78, 5) is 34.8. The molecule has 7 heteroatoms. The van der Waals surface area contributed by atoms with E-state index in [0.717, 1.165) is 56.4 Å². The molecular formula is C16H24N4O2S. The summed E-state index contributed by atoms with van der Waals surface area (Å²) in [7, 11) is 0. The van der Waals surface area contributed by atoms with Crippen LogP contribution in [0.5, 0.6) is 0 Å². The van der Waals surface area contributed by atoms with Gasteiger partial charge in [-0.15, -0.1) is 11.3 Å². The molecule has 2 fully saturated rings. The Labute approximate surface area is 141 Å². The van der Waals surface area contributed by atoms with Gasteiger partial charge in [0.15, 0.2) is 5.13 Å². The molecule has 0 radical (unpaired) electrons. The zero-order valence-corrected chi connectivity index (χ0v) is 14.6. The summed E-state index contributed by atoms with van der Waals surface area (Å²) in [5.74, 6) is 0.263. The zero-order valence-electron chi connectivity index (χ0n) is 13.8. The van der Waals surface area contributed by atoms with Crippen molar-refractivity contribution < 1.29 is 9.59 Å². The Hall–Kier alpha value is -1.63. The Bertz CT molecular complexity index is 580. The summed E-state index contributed by atoms with van der Waals surface area (Å²) in [5.41, 5.74) is 1.05. The molecule has 0 spiro atoms. The van der Waals surface area contributed by atoms with E-state index in [1.165, 1.54) is 0 Å². The van der Waals surface area contributed by atoms with Crippen molar-refractivity contribution in [3.05, 3.63) is 11.1 Å². The number of hydrogen-bond donors (Lipinski definition) is 0. The quantitative estimate of drug-likeness (QED) is 0.818. The van der Waals surface area contributed by atoms with Crippen LogP contribution in [0.4, 0.5) is 5.13 Å². The SMILES string of the molecule is CC(=O)N1CCC[C@H](C(=O)N2CCN(c3nc(C)cs3)CC2)C1. The highest BCUT2D eigenvalue weighted by atomic mass is 32.1. The lowest BCUT2D eigenvalue weighted by Crippen LogP contribution is -2.53. The number of anilines is 1. The van der Waals surface area contributed by atoms with Crippen LogP contribution < -0.4 is 4.90 Å². The molecule has 2 aliphatic heterocycles. The molecule has 2 saturated heterocycles. The average Bonchev–Trinajstić information content (AvgIpc) is 3.01. The molecule has 2 amide bonds. The van der Waals surface area contributed by atoms with Crippen molar-refractivity contribution in [2.45, 2.75) is 26.7 Å². The van der Waals surface area contributed by atoms with Crippen molar-refractivity contribution in [1.29, 1.82) is 0 Å². The van der Waals surface area contributed by atoms with Crippen molar-refractivity contribution >= 4 is 28.3 Å². The number of carbonyl (C=O) groups is 2. The minimum absolute atomic E-state index is 0.0266. The molecule has 0 aliphatic carbocycles. The Kier molecular flexibility index (Phi) is 4.84. The molecule has 6 nitrogen and oxygen atoms in total. The van der Waals surface area contributed by atoms with Crippen molar-refractivity contribution in [2.24, 2.45) is 5.92 Å². The summed E-state index contributed by atoms with van der Waals surface area (Å²) in [5, 5.41) is 3.11. The number of amides is 2. The van der Waals surface area contributed by atoms with Crippen LogP contribution in [0, 0.1) is 12.8 Å². The molecular weight excluding hydrogens is 312 g/mol. The van der Waals surface area contributed by atoms with Gasteiger partial charge in [0.25, 0.3) is 0 Å². The maximum atomic E-state index is 12.7. The van der Waals surface area contributed by atoms with Crippen molar-refractivity contribution in [2.75, 3.05) is 44.2 Å². The molecule has 0 aromatic carbocycles. The minimum atomic E-state index is -0.0266. The van der Waals surface area contributed by atoms with Gasteiger partial charge in [-0.2, -0.15) is 0 Å². The first-order valence-electron chi connectivity index (χ1n) is 8.26. The number of carbonyl (C=O) groups excluding carboxylic acids is 2. The van der Waals surface area contributed by atoms with Gasteiger partial charge in [-0.05, 0) is 19.8 Å². The van der Waals surface area contributed by atoms with Crippen LogP contribution in [0.1, 0.15) is 25.5 Å². The molecule has 0 N–H and O–H groups in total. The highest BCUT2D eigenvalue weighted by Gasteiger charge is 2.32. The number of rotatable bonds is 2. The van der Waals surface area contributed by atoms with Crippen LogP contribution in [0.3, 0.4) is 0 Å². The minimum Gasteiger partial charge on any atom is -0.345 e. The first kappa shape index (κ1) is 16.2. The molecule has 0 saturated carbocycles. The van der Waals surface area contributed by atoms with Crippen LogP contribution in [-0.2, 0) is 9.59 Å². The molecule has 1 atom stereocenters. The third-order valence-corrected chi connectivity index (χ3v) is 5.70. The second-order valence-electron chi connectivity index (χ2n) is 6.39. The average molecular weight is 336 g/mol. The van der Waals surface area contributed by atoms with Gasteiger partial charge in [-0.1, -0.05) is 0 Å². The number of aromatic nitrogens is 1. The third kappa shape index (κ3) is 3.65. The molecule has 0 bridgehead atoms. The third-order valence-electron chi connectivity index (χ3n) is 4.68. The number of thiazole rings is 1. The number of hydrogen-bond acceptors (Lipinski definition) is 5. The van der Waals surface area contributed by atoms with E-state index >= 15 is 0 Å². The maximum Gasteiger partial charge on any atom is 0.227 e. The first-order valence-corrected chi connectivity index (χ1v) is 9.14. The van der Waals surface area contributed by atoms with E-state index in [1.807, 2.05) is 11.8 Å². The molecule has 3 heterocycles. The van der Waals surface area contributed by atoms with Crippen molar-refractivity contribution in [3.8, 4) is 0 Å². The van der Waals surface area contributed by atoms with E-state index in [0.29, 0.717) is 6.54 Å². The molecule has 23 heavy (non-hydrogen) atoms. The molecule has 126 valence electrons. The number of likely N-dealkylation sites (tertiary alicyclic amines) is 1. The number of piperidine rings is 1. The van der Waals surface area contributed by atoms with Crippen LogP contribution >= 0.6 is 11.3 Å². The lowest BCUT2D eigenvalue weighted by Gasteiger charge is -2.38. The summed E-state index contributed by atoms with van der Waals surface area (Å²) >= 11 is 1.66. The Morgan fingerprint density at radius 3 is 2.52 bits per heavy atom. The number of nitrogens with zero attached hydrogens (tertiary/aromatic N) is 4. The first-order chi connectivity index (χ1) is 11.0. The topological polar surface area (TPSA) is 56.8 Å². The van der Waals surface area contributed by atoms with E-state index in [-0.39, 0.29) is 17.7 Å². The number of aryl methyl sites for hydroxylation is 1. The second kappa shape index (κ2) is 6.86. The smallest absolute Gasteiger partial charge is 0.227 e. The van der Waals surface area contributed by atoms with Crippen molar-refractivity contribution in [3.63, 3.8) is 0 Å². The van der Waals surface area contributed by atoms with Gasteiger partial charge in [-0.25, -0.2) is 4.98 Å². The predicted molar refractivity (Wildman–Crippen MR) is 90.6 cm³/mol. The van der Waals surface area contributed by atoms with Crippen molar-refractivity contribution in [1.82, 2.24) is 14.8 Å². The fraction of sp³-hybridized carbons (Fsp3) is 0.688. The van der Waals surface area contributed by atoms with Gasteiger partial charge in [0.05, 0.1) is 11.6 Å². The fourth-order valence-electron chi connectivity index (χ4n) is 3.33. The Morgan fingerprint density at radius 2 is 1.91 bits per heavy atom. The summed E-state index contributed by atoms with van der Waals surface area (Å²) < 4.78 is 0. The summed E-state index contributed by atoms with van der Waals surface area (Å²) in [6.45, 7) is 8.12. The normalized spacial score (nSPS) is 22.3. The van der Waals surface area contributed by atoms with Gasteiger partial charge in [-0.3, -0.25) is 9.59 Å². The zero-order chi connectivity index (χ0) is 16.4. The van der Waals surface area contributed by atoms with Gasteiger partial charge in [0.1, 0.15) is 0 Å². The lowest BCUT2D eigenvalue weighted by atomic mass is 9.96. The van der Waals surface area contributed by atoms with Crippen LogP contribution in [0.15, 0.2) is 5.38 Å². The molecule has 1 aromatic rings. The van der Waals surface area contributed by atoms with Crippen LogP contribution in [0.25, 0.3) is 0 Å². The van der Waals surface area contributed by atoms with E-state index in [4.69, 9.17) is 0 Å². The fourth-order valence-corrected chi connectivity index (χ4v) is 4.18. The lowest BCUT2D eigenvalue weighted by molar-refractivity contribution is -0.140. The van der Waals surface area contributed by atoms with Gasteiger partial charge in [0.2, 0.25) is 11.8 Å². The highest BCUT2D eigenvalue weighted by Crippen LogP contribution is 2.23. The predicted octanol–water partition coefficient (Wildman–Crippen LogP) is 1.36. The molecule has 3 rings (SSSR count). The van der Waals surface area contributed by atoms with Gasteiger partial charge < -0.3 is 14.7 Å². The van der Waals surface area contributed by atoms with Crippen LogP contribution in [-0.4, -0.2) is 65.9 Å². The van der Waals surface area contributed by atoms with E-state index in [2.05, 4.69) is 15.3 Å². The maximum absolute atomic E-state index is 12.7. The monoisotopic (exact) mass is 336 g/mol. The second-order valence-corrected chi connectivity index (χ2v) is 7.22. The molecule has 1 aromatic heterocycles. The summed E-state index contributed by atoms with van der Waals surface area (Å²) in [6.07, 6.45) is 1.82. The largest absolute Gasteiger partial charge is 0.345 e. The summed E-state index contributed by atoms with van der Waals surface area (Å²) in [6, 6.07) is 0. The Morgan fingerprint density at radius 1 is 1.17 bits per heavy atom. The van der Waals surface area contributed by atoms with Gasteiger partial charge in [0, 0.05) is 51.6 Å². The number of piperazine rings is 1.